The quantitative estimate of drug-likeness (QED) is 0.525. The summed E-state index contributed by atoms with van der Waals surface area (Å²) < 4.78 is 38.5. The number of alkyl halides is 3. The molecule has 0 aliphatic carbocycles. The standard InChI is InChI=1S/C11H5Cl2F3IN3/c12-5-1-2-7(6(17)3-5)18-9-4-8(13)19-10(20-9)11(14,15)16/h1-4H,(H,18,19,20). The Balaban J connectivity index is 2.36. The van der Waals surface area contributed by atoms with Crippen molar-refractivity contribution >= 4 is 57.3 Å². The molecule has 0 radical (unpaired) electrons. The van der Waals surface area contributed by atoms with Crippen molar-refractivity contribution in [2.24, 2.45) is 0 Å². The average Bonchev–Trinajstić information content (AvgIpc) is 2.31. The molecule has 0 bridgehead atoms. The summed E-state index contributed by atoms with van der Waals surface area (Å²) in [7, 11) is 0. The molecular weight excluding hydrogens is 429 g/mol. The normalized spacial score (nSPS) is 11.5. The number of hydrogen-bond donors (Lipinski definition) is 1. The van der Waals surface area contributed by atoms with Crippen molar-refractivity contribution in [2.75, 3.05) is 5.32 Å². The van der Waals surface area contributed by atoms with Gasteiger partial charge in [0.05, 0.1) is 5.69 Å². The third-order valence-corrected chi connectivity index (χ3v) is 3.46. The first kappa shape index (κ1) is 15.6. The predicted molar refractivity (Wildman–Crippen MR) is 79.5 cm³/mol. The molecule has 0 saturated heterocycles. The van der Waals surface area contributed by atoms with E-state index < -0.39 is 12.0 Å². The second-order valence-electron chi connectivity index (χ2n) is 3.65. The minimum Gasteiger partial charge on any atom is -0.339 e. The highest BCUT2D eigenvalue weighted by Gasteiger charge is 2.35. The third kappa shape index (κ3) is 3.86. The van der Waals surface area contributed by atoms with Crippen molar-refractivity contribution < 1.29 is 13.2 Å². The van der Waals surface area contributed by atoms with Gasteiger partial charge < -0.3 is 5.32 Å². The van der Waals surface area contributed by atoms with Gasteiger partial charge in [-0.05, 0) is 40.8 Å². The van der Waals surface area contributed by atoms with E-state index >= 15 is 0 Å². The summed E-state index contributed by atoms with van der Waals surface area (Å²) in [4.78, 5) is 6.55. The molecule has 1 aromatic heterocycles. The maximum absolute atomic E-state index is 12.6. The van der Waals surface area contributed by atoms with E-state index in [-0.39, 0.29) is 11.0 Å². The smallest absolute Gasteiger partial charge is 0.339 e. The van der Waals surface area contributed by atoms with Crippen molar-refractivity contribution in [1.29, 1.82) is 0 Å². The van der Waals surface area contributed by atoms with Crippen LogP contribution in [0.2, 0.25) is 10.2 Å². The molecule has 0 aliphatic rings. The molecule has 2 rings (SSSR count). The SMILES string of the molecule is FC(F)(F)c1nc(Cl)cc(Nc2ccc(Cl)cc2I)n1. The first-order valence-electron chi connectivity index (χ1n) is 5.09. The molecule has 2 aromatic rings. The lowest BCUT2D eigenvalue weighted by Gasteiger charge is -2.11. The average molecular weight is 434 g/mol. The highest BCUT2D eigenvalue weighted by molar-refractivity contribution is 14.1. The Bertz CT molecular complexity index is 649. The number of aromatic nitrogens is 2. The lowest BCUT2D eigenvalue weighted by molar-refractivity contribution is -0.144. The van der Waals surface area contributed by atoms with Gasteiger partial charge in [-0.1, -0.05) is 23.2 Å². The van der Waals surface area contributed by atoms with Crippen LogP contribution < -0.4 is 5.32 Å². The van der Waals surface area contributed by atoms with Gasteiger partial charge in [0.2, 0.25) is 5.82 Å². The Hall–Kier alpha value is -0.800. The summed E-state index contributed by atoms with van der Waals surface area (Å²) in [6, 6.07) is 6.12. The van der Waals surface area contributed by atoms with Gasteiger partial charge in [-0.3, -0.25) is 0 Å². The Kier molecular flexibility index (Phi) is 4.60. The van der Waals surface area contributed by atoms with Crippen LogP contribution in [0.1, 0.15) is 5.82 Å². The molecule has 9 heteroatoms. The number of benzene rings is 1. The minimum atomic E-state index is -4.66. The molecule has 0 atom stereocenters. The van der Waals surface area contributed by atoms with E-state index in [1.165, 1.54) is 6.07 Å². The number of rotatable bonds is 2. The predicted octanol–water partition coefficient (Wildman–Crippen LogP) is 5.15. The largest absolute Gasteiger partial charge is 0.451 e. The molecule has 3 nitrogen and oxygen atoms in total. The third-order valence-electron chi connectivity index (χ3n) is 2.14. The van der Waals surface area contributed by atoms with Crippen LogP contribution in [0.3, 0.4) is 0 Å². The minimum absolute atomic E-state index is 0.0439. The van der Waals surface area contributed by atoms with Gasteiger partial charge in [0.1, 0.15) is 11.0 Å². The van der Waals surface area contributed by atoms with E-state index in [1.807, 2.05) is 22.6 Å². The van der Waals surface area contributed by atoms with Crippen LogP contribution in [-0.2, 0) is 6.18 Å². The molecule has 1 heterocycles. The summed E-state index contributed by atoms with van der Waals surface area (Å²) in [5.74, 6) is -1.34. The summed E-state index contributed by atoms with van der Waals surface area (Å²) in [6.45, 7) is 0. The van der Waals surface area contributed by atoms with Crippen LogP contribution in [0.15, 0.2) is 24.3 Å². The first-order chi connectivity index (χ1) is 9.25. The maximum Gasteiger partial charge on any atom is 0.451 e. The molecule has 1 N–H and O–H groups in total. The molecule has 106 valence electrons. The summed E-state index contributed by atoms with van der Waals surface area (Å²) in [6.07, 6.45) is -4.66. The number of anilines is 2. The van der Waals surface area contributed by atoms with Crippen LogP contribution in [-0.4, -0.2) is 9.97 Å². The van der Waals surface area contributed by atoms with Crippen LogP contribution in [0.5, 0.6) is 0 Å². The van der Waals surface area contributed by atoms with Crippen molar-refractivity contribution in [1.82, 2.24) is 9.97 Å². The molecular formula is C11H5Cl2F3IN3. The van der Waals surface area contributed by atoms with Crippen LogP contribution in [0, 0.1) is 3.57 Å². The Morgan fingerprint density at radius 1 is 1.10 bits per heavy atom. The van der Waals surface area contributed by atoms with Crippen molar-refractivity contribution in [3.05, 3.63) is 43.8 Å². The van der Waals surface area contributed by atoms with Gasteiger partial charge in [0.25, 0.3) is 0 Å². The molecule has 0 fully saturated rings. The Morgan fingerprint density at radius 3 is 2.40 bits per heavy atom. The van der Waals surface area contributed by atoms with Crippen LogP contribution >= 0.6 is 45.8 Å². The molecule has 0 saturated carbocycles. The number of halogens is 6. The second kappa shape index (κ2) is 5.90. The van der Waals surface area contributed by atoms with Crippen molar-refractivity contribution in [2.45, 2.75) is 6.18 Å². The number of nitrogens with one attached hydrogen (secondary N) is 1. The van der Waals surface area contributed by atoms with Gasteiger partial charge in [-0.2, -0.15) is 13.2 Å². The van der Waals surface area contributed by atoms with Gasteiger partial charge >= 0.3 is 6.18 Å². The van der Waals surface area contributed by atoms with E-state index in [1.54, 1.807) is 18.2 Å². The lowest BCUT2D eigenvalue weighted by Crippen LogP contribution is -2.12. The fourth-order valence-electron chi connectivity index (χ4n) is 1.34. The zero-order valence-corrected chi connectivity index (χ0v) is 13.1. The van der Waals surface area contributed by atoms with E-state index in [0.717, 1.165) is 3.57 Å². The topological polar surface area (TPSA) is 37.8 Å². The number of hydrogen-bond acceptors (Lipinski definition) is 3. The van der Waals surface area contributed by atoms with Crippen LogP contribution in [0.4, 0.5) is 24.7 Å². The fourth-order valence-corrected chi connectivity index (χ4v) is 2.53. The monoisotopic (exact) mass is 433 g/mol. The summed E-state index contributed by atoms with van der Waals surface area (Å²) in [5, 5.41) is 2.98. The van der Waals surface area contributed by atoms with Crippen molar-refractivity contribution in [3.63, 3.8) is 0 Å². The number of nitrogens with zero attached hydrogens (tertiary/aromatic N) is 2. The fraction of sp³-hybridized carbons (Fsp3) is 0.0909. The highest BCUT2D eigenvalue weighted by Crippen LogP contribution is 2.30. The summed E-state index contributed by atoms with van der Waals surface area (Å²) >= 11 is 13.4. The maximum atomic E-state index is 12.6. The van der Waals surface area contributed by atoms with E-state index in [0.29, 0.717) is 10.7 Å². The van der Waals surface area contributed by atoms with Crippen molar-refractivity contribution in [3.8, 4) is 0 Å². The van der Waals surface area contributed by atoms with Gasteiger partial charge in [0, 0.05) is 14.7 Å². The van der Waals surface area contributed by atoms with Crippen LogP contribution in [0.25, 0.3) is 0 Å². The van der Waals surface area contributed by atoms with Gasteiger partial charge in [0.15, 0.2) is 0 Å². The highest BCUT2D eigenvalue weighted by atomic mass is 127. The van der Waals surface area contributed by atoms with E-state index in [4.69, 9.17) is 23.2 Å². The molecule has 0 unspecified atom stereocenters. The first-order valence-corrected chi connectivity index (χ1v) is 6.93. The van der Waals surface area contributed by atoms with Gasteiger partial charge in [-0.25, -0.2) is 9.97 Å². The molecule has 0 amide bonds. The second-order valence-corrected chi connectivity index (χ2v) is 5.63. The molecule has 1 aromatic carbocycles. The molecule has 0 spiro atoms. The zero-order valence-electron chi connectivity index (χ0n) is 9.47. The summed E-state index contributed by atoms with van der Waals surface area (Å²) in [5.41, 5.74) is 0.567. The molecule has 0 aliphatic heterocycles. The molecule has 20 heavy (non-hydrogen) atoms. The van der Waals surface area contributed by atoms with E-state index in [2.05, 4.69) is 15.3 Å². The lowest BCUT2D eigenvalue weighted by atomic mass is 10.3. The Morgan fingerprint density at radius 2 is 1.80 bits per heavy atom. The van der Waals surface area contributed by atoms with E-state index in [9.17, 15) is 13.2 Å². The zero-order chi connectivity index (χ0) is 14.9. The van der Waals surface area contributed by atoms with Gasteiger partial charge in [-0.15, -0.1) is 0 Å². The Labute approximate surface area is 135 Å².